The van der Waals surface area contributed by atoms with Crippen LogP contribution >= 0.6 is 23.6 Å². The minimum atomic E-state index is -0.613. The molecule has 0 radical (unpaired) electrons. The lowest BCUT2D eigenvalue weighted by atomic mass is 10.2. The zero-order valence-electron chi connectivity index (χ0n) is 11.3. The summed E-state index contributed by atoms with van der Waals surface area (Å²) < 4.78 is 1.68. The van der Waals surface area contributed by atoms with Crippen molar-refractivity contribution in [2.24, 2.45) is 0 Å². The molecule has 106 valence electrons. The van der Waals surface area contributed by atoms with E-state index in [1.165, 1.54) is 9.44 Å². The van der Waals surface area contributed by atoms with E-state index < -0.39 is 6.04 Å². The van der Waals surface area contributed by atoms with Gasteiger partial charge in [0, 0.05) is 11.9 Å². The van der Waals surface area contributed by atoms with Crippen LogP contribution in [0.4, 0.5) is 0 Å². The molecule has 0 saturated heterocycles. The molecule has 0 spiro atoms. The molecule has 2 aromatic rings. The van der Waals surface area contributed by atoms with E-state index in [0.717, 1.165) is 29.7 Å². The van der Waals surface area contributed by atoms with Crippen molar-refractivity contribution in [3.8, 4) is 0 Å². The Hall–Kier alpha value is -1.47. The van der Waals surface area contributed by atoms with Crippen LogP contribution in [0.1, 0.15) is 29.8 Å². The molecule has 0 aliphatic heterocycles. The highest BCUT2D eigenvalue weighted by Crippen LogP contribution is 2.34. The lowest BCUT2D eigenvalue weighted by Crippen LogP contribution is -2.35. The summed E-state index contributed by atoms with van der Waals surface area (Å²) >= 11 is 6.86. The Morgan fingerprint density at radius 2 is 2.25 bits per heavy atom. The Labute approximate surface area is 124 Å². The lowest BCUT2D eigenvalue weighted by Gasteiger charge is -2.13. The molecule has 2 N–H and O–H groups in total. The molecule has 0 bridgehead atoms. The van der Waals surface area contributed by atoms with Crippen molar-refractivity contribution in [1.29, 1.82) is 0 Å². The summed E-state index contributed by atoms with van der Waals surface area (Å²) in [6.07, 6.45) is 3.06. The quantitative estimate of drug-likeness (QED) is 0.833. The zero-order chi connectivity index (χ0) is 14.4. The second kappa shape index (κ2) is 4.82. The van der Waals surface area contributed by atoms with Crippen molar-refractivity contribution >= 4 is 39.7 Å². The van der Waals surface area contributed by atoms with Gasteiger partial charge in [-0.25, -0.2) is 0 Å². The maximum Gasteiger partial charge on any atom is 0.264 e. The summed E-state index contributed by atoms with van der Waals surface area (Å²) in [6.45, 7) is 1.68. The van der Waals surface area contributed by atoms with Crippen LogP contribution in [-0.2, 0) is 17.6 Å². The molecule has 0 saturated carbocycles. The van der Waals surface area contributed by atoms with Gasteiger partial charge in [0.25, 0.3) is 5.56 Å². The number of amides is 1. The number of aromatic nitrogens is 2. The molecule has 0 fully saturated rings. The molecule has 1 amide bonds. The largest absolute Gasteiger partial charge is 0.357 e. The van der Waals surface area contributed by atoms with Crippen molar-refractivity contribution in [2.45, 2.75) is 32.2 Å². The van der Waals surface area contributed by atoms with Gasteiger partial charge in [0.05, 0.1) is 5.39 Å². The Morgan fingerprint density at radius 1 is 1.50 bits per heavy atom. The van der Waals surface area contributed by atoms with Gasteiger partial charge in [-0.3, -0.25) is 14.2 Å². The van der Waals surface area contributed by atoms with Crippen LogP contribution in [-0.4, -0.2) is 22.5 Å². The molecule has 7 heteroatoms. The van der Waals surface area contributed by atoms with Crippen LogP contribution in [0.15, 0.2) is 4.79 Å². The number of fused-ring (bicyclic) bond motifs is 3. The molecule has 1 aliphatic rings. The number of nitrogens with one attached hydrogen (secondary N) is 2. The van der Waals surface area contributed by atoms with Crippen LogP contribution in [0.3, 0.4) is 0 Å². The standard InChI is InChI=1S/C13H15N3O2S2/c1-6(10(17)14-2)16-12(18)9-7-4-3-5-8(7)20-11(9)15-13(16)19/h6H,3-5H2,1-2H3,(H,14,17)(H,15,19). The van der Waals surface area contributed by atoms with E-state index in [0.29, 0.717) is 10.2 Å². The minimum Gasteiger partial charge on any atom is -0.357 e. The van der Waals surface area contributed by atoms with Crippen molar-refractivity contribution in [2.75, 3.05) is 7.05 Å². The molecule has 1 atom stereocenters. The number of carbonyl (C=O) groups is 1. The van der Waals surface area contributed by atoms with Gasteiger partial charge in [-0.15, -0.1) is 11.3 Å². The molecule has 5 nitrogen and oxygen atoms in total. The Bertz CT molecular complexity index is 815. The number of nitrogens with zero attached hydrogens (tertiary/aromatic N) is 1. The van der Waals surface area contributed by atoms with Gasteiger partial charge in [-0.05, 0) is 44.0 Å². The fraction of sp³-hybridized carbons (Fsp3) is 0.462. The third-order valence-corrected chi connectivity index (χ3v) is 5.31. The van der Waals surface area contributed by atoms with Crippen molar-refractivity contribution in [1.82, 2.24) is 14.9 Å². The first-order valence-corrected chi connectivity index (χ1v) is 7.77. The van der Waals surface area contributed by atoms with Gasteiger partial charge in [0.1, 0.15) is 10.9 Å². The Morgan fingerprint density at radius 3 is 2.95 bits per heavy atom. The number of carbonyl (C=O) groups excluding carboxylic acids is 1. The molecule has 2 aromatic heterocycles. The van der Waals surface area contributed by atoms with Gasteiger partial charge in [0.15, 0.2) is 4.77 Å². The number of rotatable bonds is 2. The normalized spacial score (nSPS) is 15.3. The van der Waals surface area contributed by atoms with E-state index in [2.05, 4.69) is 10.3 Å². The van der Waals surface area contributed by atoms with Crippen molar-refractivity contribution in [3.63, 3.8) is 0 Å². The number of likely N-dealkylation sites (N-methyl/N-ethyl adjacent to an activating group) is 1. The van der Waals surface area contributed by atoms with Gasteiger partial charge in [-0.2, -0.15) is 0 Å². The SMILES string of the molecule is CNC(=O)C(C)n1c(=S)[nH]c2sc3c(c2c1=O)CCC3. The first-order chi connectivity index (χ1) is 9.54. The Balaban J connectivity index is 2.31. The number of aromatic amines is 1. The zero-order valence-corrected chi connectivity index (χ0v) is 12.9. The first kappa shape index (κ1) is 13.5. The summed E-state index contributed by atoms with van der Waals surface area (Å²) in [5, 5.41) is 3.27. The maximum atomic E-state index is 12.7. The minimum absolute atomic E-state index is 0.153. The highest BCUT2D eigenvalue weighted by Gasteiger charge is 2.24. The van der Waals surface area contributed by atoms with Gasteiger partial charge >= 0.3 is 0 Å². The average Bonchev–Trinajstić information content (AvgIpc) is 2.97. The maximum absolute atomic E-state index is 12.7. The fourth-order valence-electron chi connectivity index (χ4n) is 2.77. The summed E-state index contributed by atoms with van der Waals surface area (Å²) in [5.74, 6) is -0.224. The van der Waals surface area contributed by atoms with Crippen LogP contribution in [0, 0.1) is 4.77 Å². The van der Waals surface area contributed by atoms with Crippen LogP contribution in [0.5, 0.6) is 0 Å². The highest BCUT2D eigenvalue weighted by atomic mass is 32.1. The number of thiophene rings is 1. The van der Waals surface area contributed by atoms with E-state index in [1.54, 1.807) is 25.3 Å². The number of aryl methyl sites for hydroxylation is 2. The van der Waals surface area contributed by atoms with Crippen molar-refractivity contribution in [3.05, 3.63) is 25.6 Å². The molecule has 1 unspecified atom stereocenters. The molecular weight excluding hydrogens is 294 g/mol. The van der Waals surface area contributed by atoms with E-state index in [-0.39, 0.29) is 11.5 Å². The molecule has 20 heavy (non-hydrogen) atoms. The van der Waals surface area contributed by atoms with E-state index in [4.69, 9.17) is 12.2 Å². The fourth-order valence-corrected chi connectivity index (χ4v) is 4.45. The molecule has 2 heterocycles. The predicted octanol–water partition coefficient (Wildman–Crippen LogP) is 1.92. The lowest BCUT2D eigenvalue weighted by molar-refractivity contribution is -0.123. The third-order valence-electron chi connectivity index (χ3n) is 3.81. The molecule has 0 aromatic carbocycles. The molecule has 3 rings (SSSR count). The smallest absolute Gasteiger partial charge is 0.264 e. The number of hydrogen-bond acceptors (Lipinski definition) is 4. The first-order valence-electron chi connectivity index (χ1n) is 6.55. The summed E-state index contributed by atoms with van der Waals surface area (Å²) in [4.78, 5) is 29.7. The van der Waals surface area contributed by atoms with Gasteiger partial charge in [-0.1, -0.05) is 0 Å². The second-order valence-electron chi connectivity index (χ2n) is 4.96. The third kappa shape index (κ3) is 1.84. The van der Waals surface area contributed by atoms with Crippen molar-refractivity contribution < 1.29 is 4.79 Å². The van der Waals surface area contributed by atoms with E-state index in [1.807, 2.05) is 0 Å². The molecule has 1 aliphatic carbocycles. The topological polar surface area (TPSA) is 66.9 Å². The second-order valence-corrected chi connectivity index (χ2v) is 6.45. The predicted molar refractivity (Wildman–Crippen MR) is 82.1 cm³/mol. The van der Waals surface area contributed by atoms with Gasteiger partial charge in [0.2, 0.25) is 5.91 Å². The average molecular weight is 309 g/mol. The highest BCUT2D eigenvalue weighted by molar-refractivity contribution is 7.71. The van der Waals surface area contributed by atoms with Gasteiger partial charge < -0.3 is 10.3 Å². The number of H-pyrrole nitrogens is 1. The Kier molecular flexibility index (Phi) is 3.25. The summed E-state index contributed by atoms with van der Waals surface area (Å²) in [6, 6.07) is -0.613. The van der Waals surface area contributed by atoms with E-state index >= 15 is 0 Å². The molecular formula is C13H15N3O2S2. The van der Waals surface area contributed by atoms with Crippen LogP contribution < -0.4 is 10.9 Å². The summed E-state index contributed by atoms with van der Waals surface area (Å²) in [5.41, 5.74) is 0.985. The summed E-state index contributed by atoms with van der Waals surface area (Å²) in [7, 11) is 1.55. The van der Waals surface area contributed by atoms with Crippen LogP contribution in [0.2, 0.25) is 0 Å². The monoisotopic (exact) mass is 309 g/mol. The van der Waals surface area contributed by atoms with E-state index in [9.17, 15) is 9.59 Å². The van der Waals surface area contributed by atoms with Crippen LogP contribution in [0.25, 0.3) is 10.2 Å². The number of hydrogen-bond donors (Lipinski definition) is 2.